The lowest BCUT2D eigenvalue weighted by molar-refractivity contribution is 0.293. The van der Waals surface area contributed by atoms with Gasteiger partial charge in [0.1, 0.15) is 18.1 Å². The monoisotopic (exact) mass is 347 g/mol. The minimum Gasteiger partial charge on any atom is -0.496 e. The fourth-order valence-corrected chi connectivity index (χ4v) is 4.60. The molecule has 24 heavy (non-hydrogen) atoms. The number of aryl methyl sites for hydroxylation is 2. The summed E-state index contributed by atoms with van der Waals surface area (Å²) in [5.74, 6) is 1.44. The summed E-state index contributed by atoms with van der Waals surface area (Å²) in [6.45, 7) is 4.60. The Hall–Kier alpha value is -2.05. The van der Waals surface area contributed by atoms with E-state index in [4.69, 9.17) is 9.47 Å². The van der Waals surface area contributed by atoms with E-state index in [1.54, 1.807) is 26.2 Å². The van der Waals surface area contributed by atoms with E-state index >= 15 is 0 Å². The molecule has 0 aromatic heterocycles. The van der Waals surface area contributed by atoms with Gasteiger partial charge in [-0.3, -0.25) is 0 Å². The molecule has 1 heterocycles. The van der Waals surface area contributed by atoms with Crippen LogP contribution in [0.3, 0.4) is 0 Å². The molecule has 0 fully saturated rings. The number of hydrogen-bond acceptors (Lipinski definition) is 4. The summed E-state index contributed by atoms with van der Waals surface area (Å²) in [5, 5.41) is 0. The van der Waals surface area contributed by atoms with Gasteiger partial charge in [-0.25, -0.2) is 8.42 Å². The van der Waals surface area contributed by atoms with Crippen molar-refractivity contribution >= 4 is 10.0 Å². The first-order chi connectivity index (χ1) is 11.4. The Labute approximate surface area is 142 Å². The summed E-state index contributed by atoms with van der Waals surface area (Å²) in [7, 11) is -2.03. The largest absolute Gasteiger partial charge is 0.496 e. The van der Waals surface area contributed by atoms with Crippen molar-refractivity contribution in [3.05, 3.63) is 53.1 Å². The molecule has 0 atom stereocenters. The predicted molar refractivity (Wildman–Crippen MR) is 92.0 cm³/mol. The highest BCUT2D eigenvalue weighted by atomic mass is 32.2. The highest BCUT2D eigenvalue weighted by Crippen LogP contribution is 2.30. The van der Waals surface area contributed by atoms with Crippen molar-refractivity contribution in [3.8, 4) is 11.5 Å². The molecule has 0 amide bonds. The summed E-state index contributed by atoms with van der Waals surface area (Å²) in [4.78, 5) is 0.320. The van der Waals surface area contributed by atoms with E-state index in [-0.39, 0.29) is 0 Å². The number of fused-ring (bicyclic) bond motifs is 1. The molecule has 2 aromatic carbocycles. The summed E-state index contributed by atoms with van der Waals surface area (Å²) < 4.78 is 38.7. The highest BCUT2D eigenvalue weighted by molar-refractivity contribution is 7.89. The molecule has 128 valence electrons. The van der Waals surface area contributed by atoms with E-state index in [1.165, 1.54) is 4.31 Å². The fourth-order valence-electron chi connectivity index (χ4n) is 2.91. The van der Waals surface area contributed by atoms with Crippen molar-refractivity contribution in [2.24, 2.45) is 0 Å². The minimum absolute atomic E-state index is 0.309. The first kappa shape index (κ1) is 16.8. The fraction of sp³-hybridized carbons (Fsp3) is 0.333. The normalized spacial score (nSPS) is 15.3. The molecule has 0 N–H and O–H groups in total. The number of ether oxygens (including phenoxy) is 2. The van der Waals surface area contributed by atoms with Crippen molar-refractivity contribution in [2.45, 2.75) is 25.3 Å². The van der Waals surface area contributed by atoms with E-state index < -0.39 is 10.0 Å². The van der Waals surface area contributed by atoms with Crippen molar-refractivity contribution in [2.75, 3.05) is 20.3 Å². The maximum absolute atomic E-state index is 13.2. The van der Waals surface area contributed by atoms with Gasteiger partial charge in [-0.1, -0.05) is 18.2 Å². The molecule has 0 bridgehead atoms. The van der Waals surface area contributed by atoms with Crippen LogP contribution in [0.5, 0.6) is 11.5 Å². The molecule has 0 saturated carbocycles. The molecule has 1 aliphatic heterocycles. The second-order valence-corrected chi connectivity index (χ2v) is 7.79. The van der Waals surface area contributed by atoms with Crippen LogP contribution in [0.4, 0.5) is 0 Å². The van der Waals surface area contributed by atoms with Crippen LogP contribution in [0.1, 0.15) is 16.7 Å². The van der Waals surface area contributed by atoms with Gasteiger partial charge < -0.3 is 9.47 Å². The third-order valence-corrected chi connectivity index (χ3v) is 6.21. The second kappa shape index (κ2) is 6.45. The average Bonchev–Trinajstić information content (AvgIpc) is 2.79. The Bertz CT molecular complexity index is 861. The number of nitrogens with zero attached hydrogens (tertiary/aromatic N) is 1. The van der Waals surface area contributed by atoms with Crippen LogP contribution >= 0.6 is 0 Å². The molecule has 0 unspecified atom stereocenters. The number of hydrogen-bond donors (Lipinski definition) is 0. The lowest BCUT2D eigenvalue weighted by Gasteiger charge is -2.21. The first-order valence-corrected chi connectivity index (χ1v) is 9.23. The average molecular weight is 347 g/mol. The molecular weight excluding hydrogens is 326 g/mol. The van der Waals surface area contributed by atoms with Gasteiger partial charge in [0.15, 0.2) is 0 Å². The Morgan fingerprint density at radius 1 is 1.12 bits per heavy atom. The number of rotatable bonds is 3. The Kier molecular flexibility index (Phi) is 4.51. The lowest BCUT2D eigenvalue weighted by atomic mass is 10.1. The Morgan fingerprint density at radius 2 is 1.88 bits per heavy atom. The Balaban J connectivity index is 2.01. The number of sulfonamides is 1. The van der Waals surface area contributed by atoms with Crippen LogP contribution in [-0.2, 0) is 16.6 Å². The SMILES string of the molecule is COc1cc(C)c(S(=O)(=O)N2CCOc3ccccc3C2)cc1C. The van der Waals surface area contributed by atoms with Crippen LogP contribution in [-0.4, -0.2) is 33.0 Å². The maximum atomic E-state index is 13.2. The third-order valence-electron chi connectivity index (χ3n) is 4.23. The van der Waals surface area contributed by atoms with Crippen LogP contribution in [0.25, 0.3) is 0 Å². The molecule has 6 heteroatoms. The van der Waals surface area contributed by atoms with Gasteiger partial charge in [0, 0.05) is 18.7 Å². The third kappa shape index (κ3) is 2.99. The number of benzene rings is 2. The van der Waals surface area contributed by atoms with Crippen LogP contribution < -0.4 is 9.47 Å². The summed E-state index contributed by atoms with van der Waals surface area (Å²) >= 11 is 0. The standard InChI is InChI=1S/C18H21NO4S/c1-13-11-18(14(2)10-17(13)22-3)24(20,21)19-8-9-23-16-7-5-4-6-15(16)12-19/h4-7,10-11H,8-9,12H2,1-3H3. The van der Waals surface area contributed by atoms with E-state index in [1.807, 2.05) is 31.2 Å². The molecular formula is C18H21NO4S. The van der Waals surface area contributed by atoms with Crippen molar-refractivity contribution in [3.63, 3.8) is 0 Å². The summed E-state index contributed by atoms with van der Waals surface area (Å²) in [6.07, 6.45) is 0. The molecule has 5 nitrogen and oxygen atoms in total. The van der Waals surface area contributed by atoms with E-state index in [2.05, 4.69) is 0 Å². The van der Waals surface area contributed by atoms with Crippen molar-refractivity contribution in [1.82, 2.24) is 4.31 Å². The minimum atomic E-state index is -3.61. The van der Waals surface area contributed by atoms with Crippen molar-refractivity contribution < 1.29 is 17.9 Å². The quantitative estimate of drug-likeness (QED) is 0.857. The number of methoxy groups -OCH3 is 1. The van der Waals surface area contributed by atoms with Gasteiger partial charge in [0.05, 0.1) is 12.0 Å². The summed E-state index contributed by atoms with van der Waals surface area (Å²) in [6, 6.07) is 11.0. The molecule has 0 aliphatic carbocycles. The molecule has 0 radical (unpaired) electrons. The highest BCUT2D eigenvalue weighted by Gasteiger charge is 2.29. The molecule has 2 aromatic rings. The van der Waals surface area contributed by atoms with Crippen molar-refractivity contribution in [1.29, 1.82) is 0 Å². The Morgan fingerprint density at radius 3 is 2.62 bits per heavy atom. The maximum Gasteiger partial charge on any atom is 0.243 e. The van der Waals surface area contributed by atoms with Gasteiger partial charge in [0.25, 0.3) is 0 Å². The van der Waals surface area contributed by atoms with E-state index in [0.717, 1.165) is 16.9 Å². The topological polar surface area (TPSA) is 55.8 Å². The molecule has 3 rings (SSSR count). The number of para-hydroxylation sites is 1. The predicted octanol–water partition coefficient (Wildman–Crippen LogP) is 2.90. The molecule has 0 saturated heterocycles. The zero-order chi connectivity index (χ0) is 17.3. The zero-order valence-electron chi connectivity index (χ0n) is 14.1. The smallest absolute Gasteiger partial charge is 0.243 e. The van der Waals surface area contributed by atoms with Gasteiger partial charge >= 0.3 is 0 Å². The van der Waals surface area contributed by atoms with Crippen LogP contribution in [0, 0.1) is 13.8 Å². The van der Waals surface area contributed by atoms with E-state index in [9.17, 15) is 8.42 Å². The van der Waals surface area contributed by atoms with Crippen LogP contribution in [0.15, 0.2) is 41.3 Å². The first-order valence-electron chi connectivity index (χ1n) is 7.79. The van der Waals surface area contributed by atoms with Gasteiger partial charge in [-0.05, 0) is 43.2 Å². The van der Waals surface area contributed by atoms with E-state index in [0.29, 0.717) is 35.9 Å². The second-order valence-electron chi connectivity index (χ2n) is 5.88. The lowest BCUT2D eigenvalue weighted by Crippen LogP contribution is -2.33. The summed E-state index contributed by atoms with van der Waals surface area (Å²) in [5.41, 5.74) is 2.35. The van der Waals surface area contributed by atoms with Gasteiger partial charge in [-0.15, -0.1) is 0 Å². The van der Waals surface area contributed by atoms with Gasteiger partial charge in [-0.2, -0.15) is 4.31 Å². The molecule has 0 spiro atoms. The molecule has 1 aliphatic rings. The zero-order valence-corrected chi connectivity index (χ0v) is 14.9. The van der Waals surface area contributed by atoms with Gasteiger partial charge in [0.2, 0.25) is 10.0 Å². The van der Waals surface area contributed by atoms with Crippen LogP contribution in [0.2, 0.25) is 0 Å².